The van der Waals surface area contributed by atoms with E-state index in [-0.39, 0.29) is 11.0 Å². The molecule has 2 nitrogen and oxygen atoms in total. The summed E-state index contributed by atoms with van der Waals surface area (Å²) in [5, 5.41) is 5.77. The van der Waals surface area contributed by atoms with Crippen LogP contribution in [0.15, 0.2) is 47.8 Å². The second-order valence-corrected chi connectivity index (χ2v) is 7.78. The van der Waals surface area contributed by atoms with E-state index < -0.39 is 0 Å². The lowest BCUT2D eigenvalue weighted by molar-refractivity contribution is -0.0827. The zero-order valence-corrected chi connectivity index (χ0v) is 14.3. The Balaban J connectivity index is 1.72. The molecule has 1 fully saturated rings. The molecule has 1 N–H and O–H groups in total. The van der Waals surface area contributed by atoms with E-state index >= 15 is 0 Å². The number of thiophene rings is 1. The largest absolute Gasteiger partial charge is 0.385 e. The summed E-state index contributed by atoms with van der Waals surface area (Å²) in [4.78, 5) is 1.51. The monoisotopic (exact) mass is 315 g/mol. The second kappa shape index (κ2) is 6.43. The third kappa shape index (κ3) is 3.53. The van der Waals surface area contributed by atoms with Gasteiger partial charge in [0.05, 0.1) is 5.60 Å². The predicted octanol–water partition coefficient (Wildman–Crippen LogP) is 5.08. The molecule has 1 aliphatic rings. The molecule has 0 bridgehead atoms. The molecule has 1 atom stereocenters. The van der Waals surface area contributed by atoms with Gasteiger partial charge in [0.25, 0.3) is 0 Å². The molecule has 2 aromatic rings. The van der Waals surface area contributed by atoms with Gasteiger partial charge in [-0.25, -0.2) is 0 Å². The molecule has 3 heteroatoms. The first-order valence-electron chi connectivity index (χ1n) is 8.07. The van der Waals surface area contributed by atoms with Crippen LogP contribution in [0.1, 0.15) is 38.0 Å². The fourth-order valence-corrected chi connectivity index (χ4v) is 4.59. The molecule has 0 aliphatic carbocycles. The summed E-state index contributed by atoms with van der Waals surface area (Å²) in [6, 6.07) is 14.9. The van der Waals surface area contributed by atoms with Gasteiger partial charge in [0.15, 0.2) is 0 Å². The summed E-state index contributed by atoms with van der Waals surface area (Å²) in [7, 11) is 0. The Hall–Kier alpha value is -1.32. The van der Waals surface area contributed by atoms with Crippen LogP contribution in [0.4, 0.5) is 5.69 Å². The van der Waals surface area contributed by atoms with E-state index in [1.807, 2.05) is 11.3 Å². The van der Waals surface area contributed by atoms with Gasteiger partial charge < -0.3 is 10.1 Å². The Morgan fingerprint density at radius 3 is 2.64 bits per heavy atom. The molecule has 22 heavy (non-hydrogen) atoms. The molecule has 2 heterocycles. The van der Waals surface area contributed by atoms with Crippen molar-refractivity contribution in [1.82, 2.24) is 0 Å². The van der Waals surface area contributed by atoms with Crippen LogP contribution in [0.2, 0.25) is 0 Å². The minimum Gasteiger partial charge on any atom is -0.385 e. The third-order valence-corrected chi connectivity index (χ3v) is 5.70. The van der Waals surface area contributed by atoms with Gasteiger partial charge in [-0.3, -0.25) is 0 Å². The summed E-state index contributed by atoms with van der Waals surface area (Å²) in [5.41, 5.74) is 1.42. The number of ether oxygens (including phenoxy) is 1. The van der Waals surface area contributed by atoms with Crippen molar-refractivity contribution in [1.29, 1.82) is 0 Å². The highest BCUT2D eigenvalue weighted by molar-refractivity contribution is 7.10. The molecular weight excluding hydrogens is 290 g/mol. The van der Waals surface area contributed by atoms with Gasteiger partial charge in [-0.1, -0.05) is 24.3 Å². The predicted molar refractivity (Wildman–Crippen MR) is 94.8 cm³/mol. The van der Waals surface area contributed by atoms with Crippen molar-refractivity contribution >= 4 is 17.0 Å². The second-order valence-electron chi connectivity index (χ2n) is 6.84. The molecule has 1 aromatic heterocycles. The topological polar surface area (TPSA) is 21.3 Å². The average Bonchev–Trinajstić information content (AvgIpc) is 3.02. The lowest BCUT2D eigenvalue weighted by Gasteiger charge is -2.44. The fraction of sp³-hybridized carbons (Fsp3) is 0.474. The van der Waals surface area contributed by atoms with E-state index in [0.29, 0.717) is 0 Å². The number of nitrogens with one attached hydrogen (secondary N) is 1. The first-order chi connectivity index (χ1) is 10.6. The van der Waals surface area contributed by atoms with Gasteiger partial charge >= 0.3 is 0 Å². The number of para-hydroxylation sites is 1. The van der Waals surface area contributed by atoms with E-state index in [4.69, 9.17) is 4.74 Å². The van der Waals surface area contributed by atoms with Crippen molar-refractivity contribution in [3.63, 3.8) is 0 Å². The minimum atomic E-state index is -0.0328. The molecule has 1 saturated heterocycles. The number of benzene rings is 1. The highest BCUT2D eigenvalue weighted by atomic mass is 32.1. The lowest BCUT2D eigenvalue weighted by Crippen LogP contribution is -2.44. The van der Waals surface area contributed by atoms with E-state index in [2.05, 4.69) is 67.0 Å². The summed E-state index contributed by atoms with van der Waals surface area (Å²) >= 11 is 1.89. The Morgan fingerprint density at radius 1 is 1.14 bits per heavy atom. The van der Waals surface area contributed by atoms with Gasteiger partial charge in [-0.05, 0) is 56.7 Å². The van der Waals surface area contributed by atoms with Crippen molar-refractivity contribution in [2.45, 2.75) is 44.1 Å². The molecule has 118 valence electrons. The first kappa shape index (κ1) is 15.6. The zero-order valence-electron chi connectivity index (χ0n) is 13.5. The average molecular weight is 315 g/mol. The smallest absolute Gasteiger partial charge is 0.0635 e. The maximum atomic E-state index is 5.97. The summed E-state index contributed by atoms with van der Waals surface area (Å²) in [6.45, 7) is 6.30. The Morgan fingerprint density at radius 2 is 1.95 bits per heavy atom. The van der Waals surface area contributed by atoms with Crippen LogP contribution in [-0.4, -0.2) is 18.8 Å². The molecule has 3 rings (SSSR count). The van der Waals surface area contributed by atoms with Gasteiger partial charge in [0.1, 0.15) is 0 Å². The van der Waals surface area contributed by atoms with Crippen molar-refractivity contribution < 1.29 is 4.74 Å². The SMILES string of the molecule is CC1(C)CC(CCNc2ccccc2)(c2cccs2)CCO1. The van der Waals surface area contributed by atoms with E-state index in [1.54, 1.807) is 0 Å². The van der Waals surface area contributed by atoms with E-state index in [9.17, 15) is 0 Å². The number of rotatable bonds is 5. The molecule has 0 amide bonds. The van der Waals surface area contributed by atoms with Crippen molar-refractivity contribution in [2.24, 2.45) is 0 Å². The molecule has 1 aromatic carbocycles. The zero-order chi connectivity index (χ0) is 15.5. The molecule has 0 spiro atoms. The normalized spacial score (nSPS) is 24.1. The van der Waals surface area contributed by atoms with Crippen LogP contribution < -0.4 is 5.32 Å². The Labute approximate surface area is 137 Å². The summed E-state index contributed by atoms with van der Waals surface area (Å²) in [5.74, 6) is 0. The highest BCUT2D eigenvalue weighted by Gasteiger charge is 2.42. The number of hydrogen-bond acceptors (Lipinski definition) is 3. The van der Waals surface area contributed by atoms with Crippen molar-refractivity contribution in [3.8, 4) is 0 Å². The minimum absolute atomic E-state index is 0.0328. The third-order valence-electron chi connectivity index (χ3n) is 4.59. The highest BCUT2D eigenvalue weighted by Crippen LogP contribution is 2.45. The summed E-state index contributed by atoms with van der Waals surface area (Å²) in [6.07, 6.45) is 3.36. The van der Waals surface area contributed by atoms with Crippen LogP contribution in [0.25, 0.3) is 0 Å². The first-order valence-corrected chi connectivity index (χ1v) is 8.95. The maximum absolute atomic E-state index is 5.97. The quantitative estimate of drug-likeness (QED) is 0.831. The molecule has 1 unspecified atom stereocenters. The molecular formula is C19H25NOS. The Bertz CT molecular complexity index is 579. The lowest BCUT2D eigenvalue weighted by atomic mass is 9.70. The molecule has 0 saturated carbocycles. The van der Waals surface area contributed by atoms with Crippen LogP contribution >= 0.6 is 11.3 Å². The van der Waals surface area contributed by atoms with E-state index in [1.165, 1.54) is 10.6 Å². The van der Waals surface area contributed by atoms with Crippen LogP contribution in [0.3, 0.4) is 0 Å². The maximum Gasteiger partial charge on any atom is 0.0635 e. The summed E-state index contributed by atoms with van der Waals surface area (Å²) < 4.78 is 5.97. The fourth-order valence-electron chi connectivity index (χ4n) is 3.61. The van der Waals surface area contributed by atoms with Gasteiger partial charge in [-0.2, -0.15) is 0 Å². The van der Waals surface area contributed by atoms with Gasteiger partial charge in [-0.15, -0.1) is 11.3 Å². The Kier molecular flexibility index (Phi) is 4.55. The number of hydrogen-bond donors (Lipinski definition) is 1. The number of anilines is 1. The van der Waals surface area contributed by atoms with Crippen LogP contribution in [-0.2, 0) is 10.2 Å². The van der Waals surface area contributed by atoms with Crippen molar-refractivity contribution in [2.75, 3.05) is 18.5 Å². The van der Waals surface area contributed by atoms with Gasteiger partial charge in [0, 0.05) is 29.1 Å². The van der Waals surface area contributed by atoms with Crippen molar-refractivity contribution in [3.05, 3.63) is 52.7 Å². The van der Waals surface area contributed by atoms with Crippen LogP contribution in [0.5, 0.6) is 0 Å². The molecule has 0 radical (unpaired) electrons. The standard InChI is InChI=1S/C19H25NOS/c1-18(2)15-19(11-13-21-18,17-9-6-14-22-17)10-12-20-16-7-4-3-5-8-16/h3-9,14,20H,10-13,15H2,1-2H3. The van der Waals surface area contributed by atoms with Crippen LogP contribution in [0, 0.1) is 0 Å². The van der Waals surface area contributed by atoms with Gasteiger partial charge in [0.2, 0.25) is 0 Å². The van der Waals surface area contributed by atoms with E-state index in [0.717, 1.165) is 32.4 Å². The molecule has 1 aliphatic heterocycles.